The summed E-state index contributed by atoms with van der Waals surface area (Å²) in [4.78, 5) is 32.2. The Morgan fingerprint density at radius 3 is 2.59 bits per heavy atom. The van der Waals surface area contributed by atoms with Crippen molar-refractivity contribution in [2.24, 2.45) is 5.92 Å². The molecule has 1 saturated carbocycles. The standard InChI is InChI=1S/C20H25N3O2S2/c24-18(17-12-21-19(27-17)15-8-11-26-13-15)22-16-6-9-23(10-7-16)20(25)14-4-2-1-3-5-14/h8,11-14,16H,1-7,9-10H2,(H,22,24). The largest absolute Gasteiger partial charge is 0.348 e. The van der Waals surface area contributed by atoms with Crippen molar-refractivity contribution in [3.63, 3.8) is 0 Å². The van der Waals surface area contributed by atoms with Crippen LogP contribution in [0.25, 0.3) is 10.6 Å². The molecule has 2 aromatic rings. The number of carbonyl (C=O) groups is 2. The summed E-state index contributed by atoms with van der Waals surface area (Å²) in [5.74, 6) is 0.519. The van der Waals surface area contributed by atoms with Gasteiger partial charge in [0.15, 0.2) is 0 Å². The van der Waals surface area contributed by atoms with Gasteiger partial charge in [-0.25, -0.2) is 4.98 Å². The Bertz CT molecular complexity index is 773. The zero-order valence-corrected chi connectivity index (χ0v) is 17.0. The number of hydrogen-bond acceptors (Lipinski definition) is 5. The van der Waals surface area contributed by atoms with Gasteiger partial charge in [0, 0.05) is 36.0 Å². The van der Waals surface area contributed by atoms with E-state index in [0.29, 0.717) is 10.8 Å². The van der Waals surface area contributed by atoms with Crippen LogP contribution in [0.4, 0.5) is 0 Å². The Morgan fingerprint density at radius 1 is 1.11 bits per heavy atom. The average Bonchev–Trinajstić information content (AvgIpc) is 3.40. The molecule has 2 amide bonds. The summed E-state index contributed by atoms with van der Waals surface area (Å²) in [6, 6.07) is 2.16. The topological polar surface area (TPSA) is 62.3 Å². The zero-order chi connectivity index (χ0) is 18.6. The molecule has 2 aromatic heterocycles. The average molecular weight is 404 g/mol. The van der Waals surface area contributed by atoms with Crippen LogP contribution < -0.4 is 5.32 Å². The fourth-order valence-corrected chi connectivity index (χ4v) is 5.54. The van der Waals surface area contributed by atoms with Crippen molar-refractivity contribution in [1.29, 1.82) is 0 Å². The molecule has 0 spiro atoms. The van der Waals surface area contributed by atoms with Gasteiger partial charge in [0.2, 0.25) is 5.91 Å². The van der Waals surface area contributed by atoms with Gasteiger partial charge >= 0.3 is 0 Å². The predicted molar refractivity (Wildman–Crippen MR) is 109 cm³/mol. The van der Waals surface area contributed by atoms with E-state index in [9.17, 15) is 9.59 Å². The quantitative estimate of drug-likeness (QED) is 0.833. The molecule has 0 unspecified atom stereocenters. The van der Waals surface area contributed by atoms with Gasteiger partial charge in [-0.3, -0.25) is 9.59 Å². The Kier molecular flexibility index (Phi) is 5.88. The van der Waals surface area contributed by atoms with Gasteiger partial charge in [0.05, 0.1) is 6.20 Å². The maximum absolute atomic E-state index is 12.7. The smallest absolute Gasteiger partial charge is 0.263 e. The van der Waals surface area contributed by atoms with Gasteiger partial charge < -0.3 is 10.2 Å². The van der Waals surface area contributed by atoms with Crippen molar-refractivity contribution in [3.05, 3.63) is 27.9 Å². The molecule has 1 aliphatic carbocycles. The molecule has 0 bridgehead atoms. The van der Waals surface area contributed by atoms with Crippen LogP contribution in [0, 0.1) is 5.92 Å². The zero-order valence-electron chi connectivity index (χ0n) is 15.4. The van der Waals surface area contributed by atoms with Crippen molar-refractivity contribution >= 4 is 34.5 Å². The first-order valence-electron chi connectivity index (χ1n) is 9.79. The van der Waals surface area contributed by atoms with Gasteiger partial charge in [-0.05, 0) is 37.1 Å². The highest BCUT2D eigenvalue weighted by Gasteiger charge is 2.29. The number of piperidine rings is 1. The molecule has 1 aliphatic heterocycles. The molecule has 0 atom stereocenters. The van der Waals surface area contributed by atoms with E-state index in [-0.39, 0.29) is 17.9 Å². The van der Waals surface area contributed by atoms with Gasteiger partial charge in [-0.15, -0.1) is 11.3 Å². The maximum atomic E-state index is 12.7. The third-order valence-electron chi connectivity index (χ3n) is 5.59. The summed E-state index contributed by atoms with van der Waals surface area (Å²) >= 11 is 3.06. The van der Waals surface area contributed by atoms with E-state index in [2.05, 4.69) is 10.3 Å². The Morgan fingerprint density at radius 2 is 1.89 bits per heavy atom. The third kappa shape index (κ3) is 4.41. The van der Waals surface area contributed by atoms with Crippen LogP contribution in [0.2, 0.25) is 0 Å². The Balaban J connectivity index is 1.27. The van der Waals surface area contributed by atoms with Crippen molar-refractivity contribution in [1.82, 2.24) is 15.2 Å². The molecule has 7 heteroatoms. The van der Waals surface area contributed by atoms with E-state index >= 15 is 0 Å². The number of rotatable bonds is 4. The molecular formula is C20H25N3O2S2. The maximum Gasteiger partial charge on any atom is 0.263 e. The fraction of sp³-hybridized carbons (Fsp3) is 0.550. The molecule has 2 fully saturated rings. The molecule has 4 rings (SSSR count). The third-order valence-corrected chi connectivity index (χ3v) is 7.32. The molecule has 0 aromatic carbocycles. The van der Waals surface area contributed by atoms with E-state index in [0.717, 1.165) is 49.3 Å². The highest BCUT2D eigenvalue weighted by atomic mass is 32.1. The lowest BCUT2D eigenvalue weighted by atomic mass is 9.87. The van der Waals surface area contributed by atoms with Crippen molar-refractivity contribution < 1.29 is 9.59 Å². The number of carbonyl (C=O) groups excluding carboxylic acids is 2. The van der Waals surface area contributed by atoms with E-state index in [1.165, 1.54) is 30.6 Å². The summed E-state index contributed by atoms with van der Waals surface area (Å²) in [7, 11) is 0. The highest BCUT2D eigenvalue weighted by Crippen LogP contribution is 2.28. The van der Waals surface area contributed by atoms with Crippen LogP contribution in [0.15, 0.2) is 23.0 Å². The molecule has 0 radical (unpaired) electrons. The van der Waals surface area contributed by atoms with Crippen LogP contribution in [0.1, 0.15) is 54.6 Å². The number of thiazole rings is 1. The first-order chi connectivity index (χ1) is 13.2. The van der Waals surface area contributed by atoms with Crippen molar-refractivity contribution in [3.8, 4) is 10.6 Å². The minimum atomic E-state index is -0.0500. The molecule has 5 nitrogen and oxygen atoms in total. The van der Waals surface area contributed by atoms with Gasteiger partial charge in [-0.1, -0.05) is 19.3 Å². The summed E-state index contributed by atoms with van der Waals surface area (Å²) in [5.41, 5.74) is 1.07. The summed E-state index contributed by atoms with van der Waals surface area (Å²) in [5, 5.41) is 8.07. The number of amides is 2. The molecule has 3 heterocycles. The molecule has 144 valence electrons. The number of hydrogen-bond donors (Lipinski definition) is 1. The normalized spacial score (nSPS) is 19.2. The van der Waals surface area contributed by atoms with Gasteiger partial charge in [0.25, 0.3) is 5.91 Å². The van der Waals surface area contributed by atoms with E-state index in [1.54, 1.807) is 17.5 Å². The second-order valence-corrected chi connectivity index (χ2v) is 9.26. The first kappa shape index (κ1) is 18.6. The lowest BCUT2D eigenvalue weighted by Gasteiger charge is -2.35. The minimum absolute atomic E-state index is 0.0500. The fourth-order valence-electron chi connectivity index (χ4n) is 4.01. The molecule has 1 saturated heterocycles. The second kappa shape index (κ2) is 8.52. The number of nitrogens with one attached hydrogen (secondary N) is 1. The van der Waals surface area contributed by atoms with Crippen molar-refractivity contribution in [2.75, 3.05) is 13.1 Å². The van der Waals surface area contributed by atoms with Crippen molar-refractivity contribution in [2.45, 2.75) is 51.0 Å². The monoisotopic (exact) mass is 403 g/mol. The van der Waals surface area contributed by atoms with Crippen LogP contribution in [0.5, 0.6) is 0 Å². The van der Waals surface area contributed by atoms with Gasteiger partial charge in [0.1, 0.15) is 9.88 Å². The second-order valence-electron chi connectivity index (χ2n) is 7.45. The van der Waals surface area contributed by atoms with Crippen LogP contribution >= 0.6 is 22.7 Å². The number of thiophene rings is 1. The number of nitrogens with zero attached hydrogens (tertiary/aromatic N) is 2. The highest BCUT2D eigenvalue weighted by molar-refractivity contribution is 7.17. The molecular weight excluding hydrogens is 378 g/mol. The van der Waals surface area contributed by atoms with E-state index in [4.69, 9.17) is 0 Å². The molecule has 2 aliphatic rings. The summed E-state index contributed by atoms with van der Waals surface area (Å²) in [6.45, 7) is 1.51. The SMILES string of the molecule is O=C(NC1CCN(C(=O)C2CCCCC2)CC1)c1cnc(-c2ccsc2)s1. The lowest BCUT2D eigenvalue weighted by molar-refractivity contribution is -0.137. The predicted octanol–water partition coefficient (Wildman–Crippen LogP) is 4.17. The number of aromatic nitrogens is 1. The Hall–Kier alpha value is -1.73. The van der Waals surface area contributed by atoms with Crippen LogP contribution in [0.3, 0.4) is 0 Å². The van der Waals surface area contributed by atoms with Crippen LogP contribution in [-0.4, -0.2) is 40.8 Å². The Labute approximate surface area is 167 Å². The lowest BCUT2D eigenvalue weighted by Crippen LogP contribution is -2.48. The van der Waals surface area contributed by atoms with Gasteiger partial charge in [-0.2, -0.15) is 11.3 Å². The molecule has 27 heavy (non-hydrogen) atoms. The number of likely N-dealkylation sites (tertiary alicyclic amines) is 1. The first-order valence-corrected chi connectivity index (χ1v) is 11.5. The molecule has 1 N–H and O–H groups in total. The van der Waals surface area contributed by atoms with E-state index < -0.39 is 0 Å². The van der Waals surface area contributed by atoms with Crippen LogP contribution in [-0.2, 0) is 4.79 Å². The summed E-state index contributed by atoms with van der Waals surface area (Å²) < 4.78 is 0. The minimum Gasteiger partial charge on any atom is -0.348 e. The van der Waals surface area contributed by atoms with E-state index in [1.807, 2.05) is 21.7 Å². The summed E-state index contributed by atoms with van der Waals surface area (Å²) in [6.07, 6.45) is 9.07.